The number of hydrogen-bond donors (Lipinski definition) is 1. The van der Waals surface area contributed by atoms with Gasteiger partial charge in [0.05, 0.1) is 29.5 Å². The predicted molar refractivity (Wildman–Crippen MR) is 112 cm³/mol. The summed E-state index contributed by atoms with van der Waals surface area (Å²) in [6.07, 6.45) is 1.04. The minimum atomic E-state index is -4.74. The Kier molecular flexibility index (Phi) is 5.66. The van der Waals surface area contributed by atoms with E-state index in [1.807, 2.05) is 6.07 Å². The first kappa shape index (κ1) is 22.2. The zero-order valence-electron chi connectivity index (χ0n) is 16.8. The van der Waals surface area contributed by atoms with Gasteiger partial charge in [-0.05, 0) is 49.9 Å². The number of imidazole rings is 1. The van der Waals surface area contributed by atoms with E-state index in [1.165, 1.54) is 18.2 Å². The monoisotopic (exact) mass is 468 g/mol. The van der Waals surface area contributed by atoms with Gasteiger partial charge in [0.25, 0.3) is 0 Å². The van der Waals surface area contributed by atoms with Crippen molar-refractivity contribution in [3.63, 3.8) is 0 Å². The Morgan fingerprint density at radius 1 is 1.22 bits per heavy atom. The second-order valence-corrected chi connectivity index (χ2v) is 7.97. The van der Waals surface area contributed by atoms with E-state index >= 15 is 0 Å². The van der Waals surface area contributed by atoms with Gasteiger partial charge in [-0.2, -0.15) is 0 Å². The lowest BCUT2D eigenvalue weighted by Crippen LogP contribution is -2.38. The predicted octanol–water partition coefficient (Wildman–Crippen LogP) is 5.33. The molecule has 1 amide bonds. The van der Waals surface area contributed by atoms with Crippen LogP contribution in [0.15, 0.2) is 42.7 Å². The van der Waals surface area contributed by atoms with Gasteiger partial charge in [-0.1, -0.05) is 0 Å². The van der Waals surface area contributed by atoms with Crippen molar-refractivity contribution in [1.29, 1.82) is 0 Å². The van der Waals surface area contributed by atoms with Crippen molar-refractivity contribution in [3.05, 3.63) is 48.5 Å². The molecule has 1 saturated carbocycles. The van der Waals surface area contributed by atoms with Gasteiger partial charge in [-0.3, -0.25) is 9.88 Å². The van der Waals surface area contributed by atoms with Crippen LogP contribution >= 0.6 is 12.4 Å². The van der Waals surface area contributed by atoms with Crippen LogP contribution in [0.5, 0.6) is 5.75 Å². The van der Waals surface area contributed by atoms with Gasteiger partial charge in [0.15, 0.2) is 0 Å². The van der Waals surface area contributed by atoms with Gasteiger partial charge >= 0.3 is 12.5 Å². The number of halogens is 4. The Balaban J connectivity index is 0.00000245. The van der Waals surface area contributed by atoms with Crippen LogP contribution in [0.3, 0.4) is 0 Å². The number of nitrogens with one attached hydrogen (secondary N) is 1. The van der Waals surface area contributed by atoms with Crippen LogP contribution in [0.1, 0.15) is 37.4 Å². The molecule has 2 aliphatic rings. The van der Waals surface area contributed by atoms with Crippen LogP contribution < -0.4 is 9.64 Å². The van der Waals surface area contributed by atoms with Gasteiger partial charge in [-0.25, -0.2) is 9.78 Å². The third kappa shape index (κ3) is 4.32. The van der Waals surface area contributed by atoms with Crippen LogP contribution in [0, 0.1) is 0 Å². The second kappa shape index (κ2) is 8.16. The summed E-state index contributed by atoms with van der Waals surface area (Å²) in [7, 11) is 0. The molecule has 3 aromatic rings. The zero-order chi connectivity index (χ0) is 21.6. The highest BCUT2D eigenvalue weighted by molar-refractivity contribution is 5.90. The van der Waals surface area contributed by atoms with Crippen LogP contribution in [0.2, 0.25) is 0 Å². The fourth-order valence-corrected chi connectivity index (χ4v) is 4.41. The number of aromatic nitrogens is 3. The van der Waals surface area contributed by atoms with Crippen molar-refractivity contribution >= 4 is 35.2 Å². The van der Waals surface area contributed by atoms with Gasteiger partial charge < -0.3 is 14.5 Å². The zero-order valence-corrected chi connectivity index (χ0v) is 17.6. The van der Waals surface area contributed by atoms with Crippen molar-refractivity contribution in [1.82, 2.24) is 15.0 Å². The van der Waals surface area contributed by atoms with Crippen molar-refractivity contribution in [2.75, 3.05) is 11.4 Å². The third-order valence-electron chi connectivity index (χ3n) is 5.92. The molecule has 5 rings (SSSR count). The Hall–Kier alpha value is -3.01. The molecular formula is C21H20ClF3N4O3. The summed E-state index contributed by atoms with van der Waals surface area (Å²) in [4.78, 5) is 25.8. The highest BCUT2D eigenvalue weighted by Crippen LogP contribution is 2.43. The Morgan fingerprint density at radius 2 is 2.00 bits per heavy atom. The maximum Gasteiger partial charge on any atom is 0.573 e. The number of ether oxygens (including phenoxy) is 2. The summed E-state index contributed by atoms with van der Waals surface area (Å²) in [6.45, 7) is 0.475. The number of carbonyl (C=O) groups is 1. The molecule has 1 saturated heterocycles. The summed E-state index contributed by atoms with van der Waals surface area (Å²) < 4.78 is 47.1. The molecule has 0 bridgehead atoms. The van der Waals surface area contributed by atoms with E-state index in [0.29, 0.717) is 36.1 Å². The molecular weight excluding hydrogens is 449 g/mol. The fourth-order valence-electron chi connectivity index (χ4n) is 4.41. The van der Waals surface area contributed by atoms with E-state index in [0.717, 1.165) is 18.7 Å². The van der Waals surface area contributed by atoms with E-state index in [2.05, 4.69) is 19.7 Å². The van der Waals surface area contributed by atoms with Gasteiger partial charge in [0.2, 0.25) is 0 Å². The lowest BCUT2D eigenvalue weighted by molar-refractivity contribution is -0.274. The number of nitrogens with zero attached hydrogens (tertiary/aromatic N) is 3. The van der Waals surface area contributed by atoms with E-state index in [1.54, 1.807) is 23.4 Å². The smallest absolute Gasteiger partial charge is 0.441 e. The average molecular weight is 469 g/mol. The van der Waals surface area contributed by atoms with Crippen LogP contribution in [0.25, 0.3) is 11.0 Å². The minimum absolute atomic E-state index is 0. The highest BCUT2D eigenvalue weighted by Gasteiger charge is 2.48. The normalized spacial score (nSPS) is 23.3. The summed E-state index contributed by atoms with van der Waals surface area (Å²) in [5.74, 6) is 0.535. The Bertz CT molecular complexity index is 1110. The summed E-state index contributed by atoms with van der Waals surface area (Å²) >= 11 is 0. The molecule has 2 fully saturated rings. The number of aromatic amines is 1. The molecule has 0 radical (unpaired) electrons. The van der Waals surface area contributed by atoms with E-state index in [9.17, 15) is 18.0 Å². The highest BCUT2D eigenvalue weighted by atomic mass is 35.5. The number of rotatable bonds is 3. The van der Waals surface area contributed by atoms with Crippen LogP contribution in [0.4, 0.5) is 23.7 Å². The van der Waals surface area contributed by atoms with Crippen LogP contribution in [-0.2, 0) is 4.74 Å². The van der Waals surface area contributed by atoms with E-state index in [4.69, 9.17) is 4.74 Å². The second-order valence-electron chi connectivity index (χ2n) is 7.97. The molecule has 7 nitrogen and oxygen atoms in total. The Labute approximate surface area is 187 Å². The van der Waals surface area contributed by atoms with Gasteiger partial charge in [0, 0.05) is 18.2 Å². The number of H-pyrrole nitrogens is 1. The van der Waals surface area contributed by atoms with Crippen molar-refractivity contribution in [2.24, 2.45) is 0 Å². The number of pyridine rings is 1. The summed E-state index contributed by atoms with van der Waals surface area (Å²) in [6, 6.07) is 7.67. The largest absolute Gasteiger partial charge is 0.573 e. The summed E-state index contributed by atoms with van der Waals surface area (Å²) in [5, 5.41) is 0. The Morgan fingerprint density at radius 3 is 2.69 bits per heavy atom. The summed E-state index contributed by atoms with van der Waals surface area (Å²) in [5.41, 5.74) is 1.25. The van der Waals surface area contributed by atoms with Gasteiger partial charge in [-0.15, -0.1) is 25.6 Å². The van der Waals surface area contributed by atoms with Crippen LogP contribution in [-0.4, -0.2) is 39.6 Å². The number of amides is 1. The van der Waals surface area contributed by atoms with Crippen molar-refractivity contribution in [3.8, 4) is 5.75 Å². The maximum atomic E-state index is 12.5. The number of anilines is 1. The molecule has 2 aromatic heterocycles. The number of carbonyl (C=O) groups excluding carboxylic acids is 1. The topological polar surface area (TPSA) is 80.3 Å². The molecule has 1 N–H and O–H groups in total. The number of fused-ring (bicyclic) bond motifs is 1. The van der Waals surface area contributed by atoms with Crippen molar-refractivity contribution < 1.29 is 27.4 Å². The molecule has 1 aromatic carbocycles. The number of benzene rings is 1. The lowest BCUT2D eigenvalue weighted by atomic mass is 9.78. The first-order chi connectivity index (χ1) is 14.8. The molecule has 3 heterocycles. The molecule has 1 spiro atoms. The number of alkyl halides is 3. The standard InChI is InChI=1S/C21H19F3N4O3.ClH/c22-21(23,24)30-15-3-4-16-17(10-15)27-18(26-16)13-5-7-20(8-6-13)12-28(19(29)31-20)14-2-1-9-25-11-14;/h1-4,9-11,13H,5-8,12H2,(H,26,27);1H/t13-,20-;. The number of hydrogen-bond acceptors (Lipinski definition) is 5. The molecule has 11 heteroatoms. The first-order valence-corrected chi connectivity index (χ1v) is 9.96. The third-order valence-corrected chi connectivity index (χ3v) is 5.92. The SMILES string of the molecule is Cl.O=C1O[C@]2(CC[C@H](c3nc4cc(OC(F)(F)F)ccc4[nH]3)CC2)CN1c1cccnc1. The van der Waals surface area contributed by atoms with Gasteiger partial charge in [0.1, 0.15) is 17.2 Å². The van der Waals surface area contributed by atoms with E-state index in [-0.39, 0.29) is 30.2 Å². The average Bonchev–Trinajstić information content (AvgIpc) is 3.29. The first-order valence-electron chi connectivity index (χ1n) is 9.96. The molecule has 170 valence electrons. The lowest BCUT2D eigenvalue weighted by Gasteiger charge is -2.34. The fraction of sp³-hybridized carbons (Fsp3) is 0.381. The van der Waals surface area contributed by atoms with E-state index < -0.39 is 12.0 Å². The molecule has 0 atom stereocenters. The molecule has 1 aliphatic heterocycles. The quantitative estimate of drug-likeness (QED) is 0.562. The molecule has 32 heavy (non-hydrogen) atoms. The molecule has 0 unspecified atom stereocenters. The van der Waals surface area contributed by atoms with Crippen molar-refractivity contribution in [2.45, 2.75) is 43.6 Å². The maximum absolute atomic E-state index is 12.5. The minimum Gasteiger partial charge on any atom is -0.441 e. The molecule has 1 aliphatic carbocycles.